The fraction of sp³-hybridized carbons (Fsp3) is 0.512. The molecule has 8 rings (SSSR count). The molecule has 3 aliphatic rings. The summed E-state index contributed by atoms with van der Waals surface area (Å²) in [6.45, 7) is 9.11. The summed E-state index contributed by atoms with van der Waals surface area (Å²) in [5, 5.41) is 17.0. The number of carbonyl (C=O) groups is 2. The van der Waals surface area contributed by atoms with Crippen molar-refractivity contribution in [2.75, 3.05) is 44.6 Å². The number of hydrogen-bond donors (Lipinski definition) is 3. The number of unbranched alkanes of at least 4 members (excludes halogenated alkanes) is 1. The molecule has 3 N–H and O–H groups in total. The van der Waals surface area contributed by atoms with E-state index in [2.05, 4.69) is 79.5 Å². The number of rotatable bonds is 13. The van der Waals surface area contributed by atoms with Crippen LogP contribution in [0.5, 0.6) is 0 Å². The lowest BCUT2D eigenvalue weighted by Crippen LogP contribution is -2.46. The number of piperazine rings is 1. The van der Waals surface area contributed by atoms with Crippen LogP contribution in [-0.2, 0) is 29.6 Å². The van der Waals surface area contributed by atoms with Crippen LogP contribution < -0.4 is 16.3 Å². The van der Waals surface area contributed by atoms with E-state index in [4.69, 9.17) is 4.98 Å². The molecule has 1 aliphatic carbocycles. The summed E-state index contributed by atoms with van der Waals surface area (Å²) in [4.78, 5) is 52.1. The molecule has 1 atom stereocenters. The van der Waals surface area contributed by atoms with Gasteiger partial charge in [-0.3, -0.25) is 28.9 Å². The highest BCUT2D eigenvalue weighted by atomic mass is 16.3. The van der Waals surface area contributed by atoms with E-state index in [9.17, 15) is 19.5 Å². The number of benzene rings is 2. The number of piperidine rings is 1. The number of aliphatic hydroxyl groups excluding tert-OH is 1. The van der Waals surface area contributed by atoms with Gasteiger partial charge in [0.2, 0.25) is 17.8 Å². The topological polar surface area (TPSA) is 143 Å². The first-order valence-corrected chi connectivity index (χ1v) is 20.6. The van der Waals surface area contributed by atoms with Gasteiger partial charge in [-0.2, -0.15) is 4.98 Å². The van der Waals surface area contributed by atoms with Crippen molar-refractivity contribution in [3.63, 3.8) is 0 Å². The number of amides is 2. The molecule has 13 heteroatoms. The molecular weight excluding hydrogens is 707 g/mol. The van der Waals surface area contributed by atoms with E-state index in [1.54, 1.807) is 11.6 Å². The normalized spacial score (nSPS) is 21.2. The van der Waals surface area contributed by atoms with Crippen LogP contribution in [-0.4, -0.2) is 95.8 Å². The van der Waals surface area contributed by atoms with E-state index in [-0.39, 0.29) is 24.1 Å². The Kier molecular flexibility index (Phi) is 11.4. The number of hydrogen-bond acceptors (Lipinski definition) is 9. The first-order valence-electron chi connectivity index (χ1n) is 20.6. The Hall–Kier alpha value is -4.85. The van der Waals surface area contributed by atoms with Crippen LogP contribution in [0.2, 0.25) is 0 Å². The van der Waals surface area contributed by atoms with Crippen molar-refractivity contribution in [3.05, 3.63) is 76.5 Å². The van der Waals surface area contributed by atoms with Crippen molar-refractivity contribution in [1.82, 2.24) is 38.8 Å². The molecule has 2 saturated heterocycles. The summed E-state index contributed by atoms with van der Waals surface area (Å²) < 4.78 is 5.48. The highest BCUT2D eigenvalue weighted by molar-refractivity contribution is 6.00. The van der Waals surface area contributed by atoms with Crippen LogP contribution >= 0.6 is 0 Å². The molecule has 2 aromatic carbocycles. The molecule has 0 radical (unpaired) electrons. The zero-order valence-electron chi connectivity index (χ0n) is 32.8. The van der Waals surface area contributed by atoms with Gasteiger partial charge >= 0.3 is 5.69 Å². The molecule has 13 nitrogen and oxygen atoms in total. The van der Waals surface area contributed by atoms with Crippen LogP contribution in [0.1, 0.15) is 87.9 Å². The quantitative estimate of drug-likeness (QED) is 0.110. The van der Waals surface area contributed by atoms with E-state index in [1.807, 2.05) is 12.3 Å². The van der Waals surface area contributed by atoms with Crippen LogP contribution in [0.15, 0.2) is 59.7 Å². The fourth-order valence-electron chi connectivity index (χ4n) is 8.86. The second kappa shape index (κ2) is 16.7. The average molecular weight is 762 g/mol. The monoisotopic (exact) mass is 761 g/mol. The van der Waals surface area contributed by atoms with Crippen LogP contribution in [0.3, 0.4) is 0 Å². The van der Waals surface area contributed by atoms with Gasteiger partial charge in [0.25, 0.3) is 0 Å². The second-order valence-electron chi connectivity index (χ2n) is 16.0. The van der Waals surface area contributed by atoms with Gasteiger partial charge in [0.15, 0.2) is 0 Å². The summed E-state index contributed by atoms with van der Waals surface area (Å²) in [5.41, 5.74) is 7.07. The molecule has 2 amide bonds. The molecule has 5 aromatic rings. The lowest BCUT2D eigenvalue weighted by atomic mass is 9.93. The Morgan fingerprint density at radius 3 is 2.39 bits per heavy atom. The number of nitrogens with zero attached hydrogens (tertiary/aromatic N) is 7. The SMILES string of the molecule is CCCCNc1ncc2c(-c3ccc(CN4CCN(CCCc5ccc6c(c5)n(C)c(=O)n6[C@H]5CCC(=O)NC5=O)CC4)cc3)cn(C3CCC(O)CC3)c2n1. The molecule has 296 valence electrons. The molecule has 0 unspecified atom stereocenters. The van der Waals surface area contributed by atoms with E-state index >= 15 is 0 Å². The highest BCUT2D eigenvalue weighted by Gasteiger charge is 2.31. The standard InChI is InChI=1S/C43H55N9O4/c1-3-4-19-44-42-45-26-34-35(28-51(40(34)47-42)32-12-14-33(53)15-13-32)31-10-7-30(8-11-31)27-50-23-21-49(22-24-50)20-5-6-29-9-16-36-38(25-29)48(2)43(56)52(36)37-17-18-39(54)46-41(37)55/h7-11,16,25-26,28,32-33,37,53H,3-6,12-15,17-24,27H2,1-2H3,(H,44,45,47)(H,46,54,55)/t32?,33?,37-/m0/s1. The van der Waals surface area contributed by atoms with E-state index in [0.717, 1.165) is 125 Å². The maximum Gasteiger partial charge on any atom is 0.329 e. The van der Waals surface area contributed by atoms with Gasteiger partial charge in [0.1, 0.15) is 11.7 Å². The molecule has 0 bridgehead atoms. The number of anilines is 1. The van der Waals surface area contributed by atoms with E-state index in [0.29, 0.717) is 18.4 Å². The average Bonchev–Trinajstić information content (AvgIpc) is 3.70. The number of carbonyl (C=O) groups excluding carboxylic acids is 2. The molecule has 5 heterocycles. The molecule has 1 saturated carbocycles. The molecule has 2 aliphatic heterocycles. The summed E-state index contributed by atoms with van der Waals surface area (Å²) in [7, 11) is 1.74. The van der Waals surface area contributed by atoms with Gasteiger partial charge < -0.3 is 19.9 Å². The van der Waals surface area contributed by atoms with Gasteiger partial charge in [-0.1, -0.05) is 43.7 Å². The highest BCUT2D eigenvalue weighted by Crippen LogP contribution is 2.37. The number of nitrogens with one attached hydrogen (secondary N) is 2. The molecular formula is C43H55N9O4. The van der Waals surface area contributed by atoms with Crippen molar-refractivity contribution in [1.29, 1.82) is 0 Å². The third kappa shape index (κ3) is 8.03. The number of imide groups is 1. The Morgan fingerprint density at radius 1 is 0.893 bits per heavy atom. The maximum atomic E-state index is 13.1. The number of aryl methyl sites for hydroxylation is 2. The van der Waals surface area contributed by atoms with Crippen molar-refractivity contribution >= 4 is 39.8 Å². The summed E-state index contributed by atoms with van der Waals surface area (Å²) in [6.07, 6.45) is 12.3. The summed E-state index contributed by atoms with van der Waals surface area (Å²) in [5.74, 6) is -0.0215. The predicted molar refractivity (Wildman–Crippen MR) is 219 cm³/mol. The van der Waals surface area contributed by atoms with Gasteiger partial charge in [-0.05, 0) is 86.7 Å². The maximum absolute atomic E-state index is 13.1. The van der Waals surface area contributed by atoms with Crippen molar-refractivity contribution in [2.24, 2.45) is 7.05 Å². The first kappa shape index (κ1) is 38.0. The van der Waals surface area contributed by atoms with Gasteiger partial charge in [0, 0.05) is 82.1 Å². The van der Waals surface area contributed by atoms with Gasteiger partial charge in [-0.15, -0.1) is 0 Å². The Balaban J connectivity index is 0.854. The predicted octanol–water partition coefficient (Wildman–Crippen LogP) is 5.17. The van der Waals surface area contributed by atoms with Crippen LogP contribution in [0.4, 0.5) is 5.95 Å². The number of aromatic nitrogens is 5. The summed E-state index contributed by atoms with van der Waals surface area (Å²) >= 11 is 0. The van der Waals surface area contributed by atoms with Crippen LogP contribution in [0.25, 0.3) is 33.2 Å². The number of aliphatic hydroxyl groups is 1. The Labute approximate surface area is 327 Å². The lowest BCUT2D eigenvalue weighted by Gasteiger charge is -2.34. The Morgan fingerprint density at radius 2 is 1.64 bits per heavy atom. The van der Waals surface area contributed by atoms with Crippen molar-refractivity contribution in [3.8, 4) is 11.1 Å². The largest absolute Gasteiger partial charge is 0.393 e. The van der Waals surface area contributed by atoms with Crippen molar-refractivity contribution < 1.29 is 14.7 Å². The van der Waals surface area contributed by atoms with Gasteiger partial charge in [-0.25, -0.2) is 9.78 Å². The molecule has 3 aromatic heterocycles. The number of fused-ring (bicyclic) bond motifs is 2. The smallest absolute Gasteiger partial charge is 0.329 e. The molecule has 56 heavy (non-hydrogen) atoms. The lowest BCUT2D eigenvalue weighted by molar-refractivity contribution is -0.135. The second-order valence-corrected chi connectivity index (χ2v) is 16.0. The van der Waals surface area contributed by atoms with E-state index < -0.39 is 11.9 Å². The first-order chi connectivity index (χ1) is 27.2. The minimum atomic E-state index is -0.669. The molecule has 3 fully saturated rings. The zero-order chi connectivity index (χ0) is 38.8. The fourth-order valence-corrected chi connectivity index (χ4v) is 8.86. The van der Waals surface area contributed by atoms with Gasteiger partial charge in [0.05, 0.1) is 17.1 Å². The Bertz CT molecular complexity index is 2240. The third-order valence-corrected chi connectivity index (χ3v) is 12.2. The van der Waals surface area contributed by atoms with Crippen LogP contribution in [0, 0.1) is 0 Å². The number of imidazole rings is 1. The van der Waals surface area contributed by atoms with Crippen molar-refractivity contribution in [2.45, 2.75) is 95.9 Å². The minimum absolute atomic E-state index is 0.202. The minimum Gasteiger partial charge on any atom is -0.393 e. The summed E-state index contributed by atoms with van der Waals surface area (Å²) in [6, 6.07) is 14.7. The third-order valence-electron chi connectivity index (χ3n) is 12.2. The van der Waals surface area contributed by atoms with E-state index in [1.165, 1.54) is 21.3 Å². The zero-order valence-corrected chi connectivity index (χ0v) is 32.8. The molecule has 0 spiro atoms.